The molecular weight excluding hydrogens is 294 g/mol. The van der Waals surface area contributed by atoms with Crippen LogP contribution in [0.5, 0.6) is 17.2 Å². The predicted molar refractivity (Wildman–Crippen MR) is 88.5 cm³/mol. The van der Waals surface area contributed by atoms with Crippen molar-refractivity contribution in [3.8, 4) is 17.2 Å². The Labute approximate surface area is 136 Å². The van der Waals surface area contributed by atoms with E-state index in [9.17, 15) is 4.79 Å². The van der Waals surface area contributed by atoms with Crippen molar-refractivity contribution in [3.63, 3.8) is 0 Å². The van der Waals surface area contributed by atoms with Gasteiger partial charge in [0.15, 0.2) is 11.5 Å². The van der Waals surface area contributed by atoms with Gasteiger partial charge in [-0.15, -0.1) is 0 Å². The van der Waals surface area contributed by atoms with Gasteiger partial charge in [0, 0.05) is 6.54 Å². The second-order valence-electron chi connectivity index (χ2n) is 5.08. The highest BCUT2D eigenvalue weighted by Crippen LogP contribution is 2.32. The SMILES string of the molecule is CCN(CCOc1cc(C)ccc1Oc1ccccc1)C(=O)O. The summed E-state index contributed by atoms with van der Waals surface area (Å²) in [5.74, 6) is 1.94. The molecule has 0 bridgehead atoms. The minimum absolute atomic E-state index is 0.273. The van der Waals surface area contributed by atoms with Crippen LogP contribution >= 0.6 is 0 Å². The van der Waals surface area contributed by atoms with Gasteiger partial charge in [-0.1, -0.05) is 24.3 Å². The number of benzene rings is 2. The van der Waals surface area contributed by atoms with Crippen molar-refractivity contribution in [2.75, 3.05) is 19.7 Å². The first-order valence-corrected chi connectivity index (χ1v) is 7.54. The lowest BCUT2D eigenvalue weighted by atomic mass is 10.2. The van der Waals surface area contributed by atoms with Gasteiger partial charge >= 0.3 is 6.09 Å². The fraction of sp³-hybridized carbons (Fsp3) is 0.278. The van der Waals surface area contributed by atoms with E-state index in [4.69, 9.17) is 14.6 Å². The molecule has 0 aromatic heterocycles. The summed E-state index contributed by atoms with van der Waals surface area (Å²) >= 11 is 0. The molecule has 0 heterocycles. The zero-order valence-electron chi connectivity index (χ0n) is 13.4. The highest BCUT2D eigenvalue weighted by atomic mass is 16.5. The predicted octanol–water partition coefficient (Wildman–Crippen LogP) is 4.17. The van der Waals surface area contributed by atoms with Crippen molar-refractivity contribution in [2.24, 2.45) is 0 Å². The summed E-state index contributed by atoms with van der Waals surface area (Å²) in [4.78, 5) is 12.3. The number of hydrogen-bond donors (Lipinski definition) is 1. The number of amides is 1. The van der Waals surface area contributed by atoms with Gasteiger partial charge in [0.05, 0.1) is 6.54 Å². The van der Waals surface area contributed by atoms with Crippen LogP contribution in [0.4, 0.5) is 4.79 Å². The molecule has 0 saturated heterocycles. The Morgan fingerprint density at radius 2 is 1.87 bits per heavy atom. The lowest BCUT2D eigenvalue weighted by Crippen LogP contribution is -2.33. The van der Waals surface area contributed by atoms with Crippen molar-refractivity contribution in [3.05, 3.63) is 54.1 Å². The van der Waals surface area contributed by atoms with E-state index in [0.717, 1.165) is 11.3 Å². The van der Waals surface area contributed by atoms with E-state index in [1.165, 1.54) is 4.90 Å². The number of para-hydroxylation sites is 1. The molecule has 0 saturated carbocycles. The Kier molecular flexibility index (Phi) is 5.86. The molecule has 0 radical (unpaired) electrons. The molecule has 0 unspecified atom stereocenters. The maximum absolute atomic E-state index is 11.0. The van der Waals surface area contributed by atoms with Gasteiger partial charge in [-0.2, -0.15) is 0 Å². The van der Waals surface area contributed by atoms with Crippen molar-refractivity contribution in [1.82, 2.24) is 4.90 Å². The second kappa shape index (κ2) is 8.08. The Balaban J connectivity index is 2.05. The number of ether oxygens (including phenoxy) is 2. The summed E-state index contributed by atoms with van der Waals surface area (Å²) in [6.45, 7) is 4.78. The van der Waals surface area contributed by atoms with E-state index < -0.39 is 6.09 Å². The number of rotatable bonds is 7. The van der Waals surface area contributed by atoms with E-state index in [1.54, 1.807) is 6.92 Å². The van der Waals surface area contributed by atoms with Crippen molar-refractivity contribution < 1.29 is 19.4 Å². The summed E-state index contributed by atoms with van der Waals surface area (Å²) in [5.41, 5.74) is 1.05. The first-order valence-electron chi connectivity index (χ1n) is 7.54. The quantitative estimate of drug-likeness (QED) is 0.833. The molecule has 2 aromatic rings. The second-order valence-corrected chi connectivity index (χ2v) is 5.08. The highest BCUT2D eigenvalue weighted by Gasteiger charge is 2.11. The van der Waals surface area contributed by atoms with Crippen molar-refractivity contribution in [2.45, 2.75) is 13.8 Å². The van der Waals surface area contributed by atoms with E-state index in [2.05, 4.69) is 0 Å². The topological polar surface area (TPSA) is 59.0 Å². The van der Waals surface area contributed by atoms with E-state index >= 15 is 0 Å². The van der Waals surface area contributed by atoms with Gasteiger partial charge in [0.25, 0.3) is 0 Å². The maximum atomic E-state index is 11.0. The molecule has 23 heavy (non-hydrogen) atoms. The van der Waals surface area contributed by atoms with Crippen LogP contribution in [0.25, 0.3) is 0 Å². The molecular formula is C18H21NO4. The molecule has 1 N–H and O–H groups in total. The van der Waals surface area contributed by atoms with E-state index in [0.29, 0.717) is 24.6 Å². The van der Waals surface area contributed by atoms with Crippen LogP contribution in [0.2, 0.25) is 0 Å². The zero-order valence-corrected chi connectivity index (χ0v) is 13.4. The number of carboxylic acid groups (broad SMARTS) is 1. The van der Waals surface area contributed by atoms with E-state index in [1.807, 2.05) is 55.5 Å². The Morgan fingerprint density at radius 3 is 2.52 bits per heavy atom. The first kappa shape index (κ1) is 16.7. The third-order valence-electron chi connectivity index (χ3n) is 3.34. The minimum Gasteiger partial charge on any atom is -0.488 e. The van der Waals surface area contributed by atoms with Crippen molar-refractivity contribution in [1.29, 1.82) is 0 Å². The number of likely N-dealkylation sites (N-methyl/N-ethyl adjacent to an activating group) is 1. The molecule has 0 aliphatic carbocycles. The molecule has 1 amide bonds. The number of nitrogens with zero attached hydrogens (tertiary/aromatic N) is 1. The van der Waals surface area contributed by atoms with Gasteiger partial charge in [-0.3, -0.25) is 0 Å². The standard InChI is InChI=1S/C18H21NO4/c1-3-19(18(20)21)11-12-22-17-13-14(2)9-10-16(17)23-15-7-5-4-6-8-15/h4-10,13H,3,11-12H2,1-2H3,(H,20,21). The lowest BCUT2D eigenvalue weighted by molar-refractivity contribution is 0.137. The van der Waals surface area contributed by atoms with Crippen LogP contribution in [0.1, 0.15) is 12.5 Å². The monoisotopic (exact) mass is 315 g/mol. The van der Waals surface area contributed by atoms with Gasteiger partial charge in [-0.25, -0.2) is 4.79 Å². The minimum atomic E-state index is -0.943. The summed E-state index contributed by atoms with van der Waals surface area (Å²) in [7, 11) is 0. The van der Waals surface area contributed by atoms with Crippen LogP contribution in [-0.4, -0.2) is 35.8 Å². The smallest absolute Gasteiger partial charge is 0.407 e. The average molecular weight is 315 g/mol. The molecule has 5 nitrogen and oxygen atoms in total. The zero-order chi connectivity index (χ0) is 16.7. The van der Waals surface area contributed by atoms with Crippen LogP contribution < -0.4 is 9.47 Å². The lowest BCUT2D eigenvalue weighted by Gasteiger charge is -2.18. The number of hydrogen-bond acceptors (Lipinski definition) is 3. The maximum Gasteiger partial charge on any atom is 0.407 e. The van der Waals surface area contributed by atoms with Crippen LogP contribution in [0, 0.1) is 6.92 Å². The van der Waals surface area contributed by atoms with Gasteiger partial charge in [0.2, 0.25) is 0 Å². The average Bonchev–Trinajstić information content (AvgIpc) is 2.54. The Bertz CT molecular complexity index is 643. The summed E-state index contributed by atoms with van der Waals surface area (Å²) in [5, 5.41) is 9.01. The van der Waals surface area contributed by atoms with E-state index in [-0.39, 0.29) is 6.61 Å². The largest absolute Gasteiger partial charge is 0.488 e. The Hall–Kier alpha value is -2.69. The molecule has 5 heteroatoms. The summed E-state index contributed by atoms with van der Waals surface area (Å²) in [6, 6.07) is 15.1. The molecule has 122 valence electrons. The third-order valence-corrected chi connectivity index (χ3v) is 3.34. The first-order chi connectivity index (χ1) is 11.1. The van der Waals surface area contributed by atoms with Crippen molar-refractivity contribution >= 4 is 6.09 Å². The van der Waals surface area contributed by atoms with Gasteiger partial charge in [-0.05, 0) is 43.7 Å². The molecule has 0 spiro atoms. The van der Waals surface area contributed by atoms with Crippen LogP contribution in [0.15, 0.2) is 48.5 Å². The van der Waals surface area contributed by atoms with Gasteiger partial charge < -0.3 is 19.5 Å². The van der Waals surface area contributed by atoms with Crippen LogP contribution in [-0.2, 0) is 0 Å². The molecule has 0 fully saturated rings. The third kappa shape index (κ3) is 4.92. The number of aryl methyl sites for hydroxylation is 1. The normalized spacial score (nSPS) is 10.2. The van der Waals surface area contributed by atoms with Crippen LogP contribution in [0.3, 0.4) is 0 Å². The Morgan fingerprint density at radius 1 is 1.13 bits per heavy atom. The molecule has 0 aliphatic rings. The van der Waals surface area contributed by atoms with Gasteiger partial charge in [0.1, 0.15) is 12.4 Å². The molecule has 2 rings (SSSR count). The number of carbonyl (C=O) groups is 1. The molecule has 0 aliphatic heterocycles. The molecule has 2 aromatic carbocycles. The molecule has 0 atom stereocenters. The fourth-order valence-electron chi connectivity index (χ4n) is 2.08. The summed E-state index contributed by atoms with van der Waals surface area (Å²) in [6.07, 6.45) is -0.943. The summed E-state index contributed by atoms with van der Waals surface area (Å²) < 4.78 is 11.6. The highest BCUT2D eigenvalue weighted by molar-refractivity contribution is 5.64. The fourth-order valence-corrected chi connectivity index (χ4v) is 2.08.